The first-order valence-electron chi connectivity index (χ1n) is 8.79. The lowest BCUT2D eigenvalue weighted by molar-refractivity contribution is -0.119. The Morgan fingerprint density at radius 3 is 2.77 bits per heavy atom. The molecule has 0 saturated heterocycles. The number of hydrogen-bond acceptors (Lipinski definition) is 7. The Bertz CT molecular complexity index is 1220. The highest BCUT2D eigenvalue weighted by atomic mass is 32.1. The zero-order valence-corrected chi connectivity index (χ0v) is 16.3. The summed E-state index contributed by atoms with van der Waals surface area (Å²) in [7, 11) is 0. The van der Waals surface area contributed by atoms with Crippen molar-refractivity contribution in [2.45, 2.75) is 0 Å². The number of benzene rings is 1. The topological polar surface area (TPSA) is 110 Å². The van der Waals surface area contributed by atoms with Crippen molar-refractivity contribution in [2.24, 2.45) is 0 Å². The number of anilines is 1. The average molecular weight is 418 g/mol. The van der Waals surface area contributed by atoms with E-state index in [0.717, 1.165) is 0 Å². The molecule has 0 aliphatic rings. The van der Waals surface area contributed by atoms with E-state index in [2.05, 4.69) is 10.4 Å². The Morgan fingerprint density at radius 2 is 2.03 bits per heavy atom. The normalized spacial score (nSPS) is 10.4. The second-order valence-corrected chi connectivity index (χ2v) is 6.96. The fraction of sp³-hybridized carbons (Fsp3) is 0.0476. The zero-order chi connectivity index (χ0) is 20.9. The molecule has 3 heterocycles. The first-order valence-corrected chi connectivity index (χ1v) is 9.67. The molecule has 0 fully saturated rings. The maximum absolute atomic E-state index is 12.7. The molecule has 9 heteroatoms. The van der Waals surface area contributed by atoms with E-state index >= 15 is 0 Å². The van der Waals surface area contributed by atoms with E-state index in [1.165, 1.54) is 22.3 Å². The Morgan fingerprint density at radius 1 is 1.20 bits per heavy atom. The van der Waals surface area contributed by atoms with Crippen LogP contribution in [0, 0.1) is 11.3 Å². The van der Waals surface area contributed by atoms with Gasteiger partial charge in [-0.2, -0.15) is 10.4 Å². The number of hydrogen-bond donors (Lipinski definition) is 1. The maximum Gasteiger partial charge on any atom is 0.357 e. The summed E-state index contributed by atoms with van der Waals surface area (Å²) in [5.74, 6) is -0.761. The van der Waals surface area contributed by atoms with Crippen molar-refractivity contribution < 1.29 is 18.7 Å². The van der Waals surface area contributed by atoms with Crippen LogP contribution in [-0.2, 0) is 9.53 Å². The van der Waals surface area contributed by atoms with Gasteiger partial charge in [0.1, 0.15) is 16.8 Å². The lowest BCUT2D eigenvalue weighted by Gasteiger charge is -2.08. The van der Waals surface area contributed by atoms with E-state index in [1.54, 1.807) is 41.8 Å². The zero-order valence-electron chi connectivity index (χ0n) is 15.4. The van der Waals surface area contributed by atoms with Crippen LogP contribution in [0.4, 0.5) is 5.00 Å². The van der Waals surface area contributed by atoms with Crippen molar-refractivity contribution in [3.8, 4) is 23.2 Å². The van der Waals surface area contributed by atoms with Gasteiger partial charge in [0.15, 0.2) is 18.1 Å². The minimum absolute atomic E-state index is 0.147. The molecule has 1 N–H and O–H groups in total. The van der Waals surface area contributed by atoms with Gasteiger partial charge in [-0.05, 0) is 35.7 Å². The summed E-state index contributed by atoms with van der Waals surface area (Å²) in [6.45, 7) is -0.502. The number of rotatable bonds is 6. The van der Waals surface area contributed by atoms with Crippen molar-refractivity contribution in [1.29, 1.82) is 5.26 Å². The number of ether oxygens (including phenoxy) is 1. The van der Waals surface area contributed by atoms with Gasteiger partial charge < -0.3 is 14.5 Å². The molecule has 148 valence electrons. The van der Waals surface area contributed by atoms with E-state index in [9.17, 15) is 9.59 Å². The van der Waals surface area contributed by atoms with Gasteiger partial charge in [-0.15, -0.1) is 11.3 Å². The molecule has 1 aromatic carbocycles. The molecule has 1 amide bonds. The Balaban J connectivity index is 1.53. The number of aromatic nitrogens is 2. The molecule has 0 radical (unpaired) electrons. The van der Waals surface area contributed by atoms with Gasteiger partial charge in [0, 0.05) is 6.07 Å². The van der Waals surface area contributed by atoms with Crippen molar-refractivity contribution >= 4 is 28.2 Å². The Kier molecular flexibility index (Phi) is 5.41. The van der Waals surface area contributed by atoms with Crippen molar-refractivity contribution in [3.63, 3.8) is 0 Å². The summed E-state index contributed by atoms with van der Waals surface area (Å²) >= 11 is 1.22. The number of amides is 1. The number of nitriles is 1. The first kappa shape index (κ1) is 19.2. The van der Waals surface area contributed by atoms with Crippen LogP contribution in [0.25, 0.3) is 17.1 Å². The van der Waals surface area contributed by atoms with Gasteiger partial charge in [-0.1, -0.05) is 18.2 Å². The monoisotopic (exact) mass is 418 g/mol. The summed E-state index contributed by atoms with van der Waals surface area (Å²) in [4.78, 5) is 24.8. The molecule has 4 rings (SSSR count). The Labute approximate surface area is 174 Å². The smallest absolute Gasteiger partial charge is 0.357 e. The van der Waals surface area contributed by atoms with Crippen LogP contribution in [0.15, 0.2) is 70.7 Å². The van der Waals surface area contributed by atoms with E-state index < -0.39 is 18.5 Å². The molecule has 30 heavy (non-hydrogen) atoms. The molecule has 0 atom stereocenters. The maximum atomic E-state index is 12.7. The molecule has 0 saturated carbocycles. The van der Waals surface area contributed by atoms with Crippen LogP contribution in [0.2, 0.25) is 0 Å². The van der Waals surface area contributed by atoms with Gasteiger partial charge in [0.2, 0.25) is 0 Å². The van der Waals surface area contributed by atoms with Gasteiger partial charge >= 0.3 is 5.97 Å². The third-order valence-corrected chi connectivity index (χ3v) is 4.90. The van der Waals surface area contributed by atoms with Crippen molar-refractivity contribution in [1.82, 2.24) is 9.78 Å². The molecule has 0 aliphatic heterocycles. The highest BCUT2D eigenvalue weighted by Gasteiger charge is 2.21. The highest BCUT2D eigenvalue weighted by molar-refractivity contribution is 7.14. The van der Waals surface area contributed by atoms with Gasteiger partial charge in [-0.25, -0.2) is 9.48 Å². The van der Waals surface area contributed by atoms with Crippen LogP contribution in [0.3, 0.4) is 0 Å². The number of carbonyl (C=O) groups is 2. The highest BCUT2D eigenvalue weighted by Crippen LogP contribution is 2.23. The quantitative estimate of drug-likeness (QED) is 0.476. The minimum Gasteiger partial charge on any atom is -0.463 e. The van der Waals surface area contributed by atoms with Crippen molar-refractivity contribution in [2.75, 3.05) is 11.9 Å². The average Bonchev–Trinajstić information content (AvgIpc) is 3.52. The lowest BCUT2D eigenvalue weighted by atomic mass is 10.3. The van der Waals surface area contributed by atoms with Crippen molar-refractivity contribution in [3.05, 3.63) is 77.5 Å². The molecule has 0 bridgehead atoms. The minimum atomic E-state index is -0.717. The van der Waals surface area contributed by atoms with Crippen LogP contribution in [0.5, 0.6) is 0 Å². The van der Waals surface area contributed by atoms with E-state index in [4.69, 9.17) is 14.4 Å². The number of furan rings is 1. The first-order chi connectivity index (χ1) is 14.7. The predicted molar refractivity (Wildman–Crippen MR) is 109 cm³/mol. The van der Waals surface area contributed by atoms with Crippen LogP contribution in [0.1, 0.15) is 16.1 Å². The van der Waals surface area contributed by atoms with E-state index in [0.29, 0.717) is 27.7 Å². The summed E-state index contributed by atoms with van der Waals surface area (Å²) < 4.78 is 12.0. The summed E-state index contributed by atoms with van der Waals surface area (Å²) in [6, 6.07) is 17.6. The second-order valence-electron chi connectivity index (χ2n) is 6.04. The standard InChI is InChI=1S/C21H14N4O4S/c22-12-14-8-10-30-20(14)23-19(26)13-29-21(27)17-11-16(18-7-4-9-28-18)24-25(17)15-5-2-1-3-6-15/h1-11H,13H2,(H,23,26). The number of nitrogens with zero attached hydrogens (tertiary/aromatic N) is 3. The summed E-state index contributed by atoms with van der Waals surface area (Å²) in [5.41, 5.74) is 1.61. The largest absolute Gasteiger partial charge is 0.463 e. The molecule has 8 nitrogen and oxygen atoms in total. The van der Waals surface area contributed by atoms with E-state index in [-0.39, 0.29) is 5.69 Å². The van der Waals surface area contributed by atoms with Gasteiger partial charge in [0.25, 0.3) is 5.91 Å². The van der Waals surface area contributed by atoms with Crippen LogP contribution < -0.4 is 5.32 Å². The molecule has 0 unspecified atom stereocenters. The lowest BCUT2D eigenvalue weighted by Crippen LogP contribution is -2.22. The number of esters is 1. The van der Waals surface area contributed by atoms with Crippen LogP contribution >= 0.6 is 11.3 Å². The van der Waals surface area contributed by atoms with Crippen LogP contribution in [-0.4, -0.2) is 28.3 Å². The molecular weight excluding hydrogens is 404 g/mol. The third-order valence-electron chi connectivity index (χ3n) is 4.07. The number of carbonyl (C=O) groups excluding carboxylic acids is 2. The third kappa shape index (κ3) is 3.99. The molecular formula is C21H14N4O4S. The van der Waals surface area contributed by atoms with Gasteiger partial charge in [-0.3, -0.25) is 4.79 Å². The number of para-hydroxylation sites is 1. The SMILES string of the molecule is N#Cc1ccsc1NC(=O)COC(=O)c1cc(-c2ccco2)nn1-c1ccccc1. The predicted octanol–water partition coefficient (Wildman–Crippen LogP) is 3.86. The summed E-state index contributed by atoms with van der Waals surface area (Å²) in [6.07, 6.45) is 1.51. The second kappa shape index (κ2) is 8.46. The number of thiophene rings is 1. The Hall–Kier alpha value is -4.16. The fourth-order valence-electron chi connectivity index (χ4n) is 2.70. The number of nitrogens with one attached hydrogen (secondary N) is 1. The van der Waals surface area contributed by atoms with Gasteiger partial charge in [0.05, 0.1) is 17.5 Å². The van der Waals surface area contributed by atoms with E-state index in [1.807, 2.05) is 24.3 Å². The molecule has 0 spiro atoms. The fourth-order valence-corrected chi connectivity index (χ4v) is 3.45. The molecule has 4 aromatic rings. The molecule has 0 aliphatic carbocycles. The summed E-state index contributed by atoms with van der Waals surface area (Å²) in [5, 5.41) is 18.1. The molecule has 3 aromatic heterocycles.